The molecule has 1 unspecified atom stereocenters. The van der Waals surface area contributed by atoms with E-state index in [9.17, 15) is 5.11 Å². The highest BCUT2D eigenvalue weighted by molar-refractivity contribution is 5.41. The van der Waals surface area contributed by atoms with Gasteiger partial charge in [0.05, 0.1) is 18.0 Å². The van der Waals surface area contributed by atoms with Gasteiger partial charge < -0.3 is 20.6 Å². The lowest BCUT2D eigenvalue weighted by Gasteiger charge is -2.27. The zero-order valence-corrected chi connectivity index (χ0v) is 11.6. The molecule has 6 nitrogen and oxygen atoms in total. The summed E-state index contributed by atoms with van der Waals surface area (Å²) in [6.07, 6.45) is 3.32. The molecule has 1 aromatic heterocycles. The van der Waals surface area contributed by atoms with Gasteiger partial charge in [-0.3, -0.25) is 4.98 Å². The van der Waals surface area contributed by atoms with E-state index in [0.29, 0.717) is 18.9 Å². The molecule has 18 heavy (non-hydrogen) atoms. The molecule has 0 saturated carbocycles. The Labute approximate surface area is 108 Å². The third-order valence-corrected chi connectivity index (χ3v) is 2.30. The number of nitrogens with zero attached hydrogens (tertiary/aromatic N) is 3. The van der Waals surface area contributed by atoms with Crippen LogP contribution in [0.25, 0.3) is 0 Å². The molecule has 6 heteroatoms. The minimum absolute atomic E-state index is 0.426. The zero-order chi connectivity index (χ0) is 13.6. The zero-order valence-electron chi connectivity index (χ0n) is 11.6. The molecule has 0 radical (unpaired) electrons. The molecule has 0 spiro atoms. The number of hydrogen-bond acceptors (Lipinski definition) is 6. The van der Waals surface area contributed by atoms with Gasteiger partial charge in [0.15, 0.2) is 0 Å². The average Bonchev–Trinajstić information content (AvgIpc) is 2.26. The first-order valence-corrected chi connectivity index (χ1v) is 6.10. The van der Waals surface area contributed by atoms with E-state index >= 15 is 0 Å². The number of hydrogen-bond donors (Lipinski definition) is 3. The highest BCUT2D eigenvalue weighted by Gasteiger charge is 2.21. The molecule has 0 aromatic carbocycles. The highest BCUT2D eigenvalue weighted by atomic mass is 16.3. The number of aromatic nitrogens is 2. The van der Waals surface area contributed by atoms with Crippen LogP contribution in [0.3, 0.4) is 0 Å². The smallest absolute Gasteiger partial charge is 0.147 e. The van der Waals surface area contributed by atoms with Gasteiger partial charge in [-0.25, -0.2) is 4.98 Å². The second kappa shape index (κ2) is 6.51. The van der Waals surface area contributed by atoms with Gasteiger partial charge in [0.2, 0.25) is 0 Å². The highest BCUT2D eigenvalue weighted by Crippen LogP contribution is 2.09. The van der Waals surface area contributed by atoms with E-state index in [1.54, 1.807) is 19.3 Å². The van der Waals surface area contributed by atoms with Crippen LogP contribution in [0.1, 0.15) is 13.8 Å². The summed E-state index contributed by atoms with van der Waals surface area (Å²) in [7, 11) is 3.86. The Morgan fingerprint density at radius 1 is 1.28 bits per heavy atom. The van der Waals surface area contributed by atoms with Crippen molar-refractivity contribution in [2.75, 3.05) is 44.4 Å². The summed E-state index contributed by atoms with van der Waals surface area (Å²) in [6.45, 7) is 5.61. The maximum Gasteiger partial charge on any atom is 0.147 e. The van der Waals surface area contributed by atoms with Gasteiger partial charge in [0.1, 0.15) is 11.6 Å². The molecule has 0 saturated heterocycles. The van der Waals surface area contributed by atoms with Crippen molar-refractivity contribution in [3.05, 3.63) is 12.4 Å². The van der Waals surface area contributed by atoms with Crippen LogP contribution in [0.15, 0.2) is 12.4 Å². The summed E-state index contributed by atoms with van der Waals surface area (Å²) in [5.74, 6) is 1.39. The quantitative estimate of drug-likeness (QED) is 0.662. The Hall–Kier alpha value is -1.40. The largest absolute Gasteiger partial charge is 0.387 e. The third-order valence-electron chi connectivity index (χ3n) is 2.30. The molecule has 0 aliphatic rings. The van der Waals surface area contributed by atoms with E-state index < -0.39 is 5.60 Å². The molecule has 0 bridgehead atoms. The van der Waals surface area contributed by atoms with E-state index in [1.807, 2.05) is 25.9 Å². The van der Waals surface area contributed by atoms with E-state index in [4.69, 9.17) is 0 Å². The summed E-state index contributed by atoms with van der Waals surface area (Å²) in [6, 6.07) is 0. The molecule has 0 amide bonds. The van der Waals surface area contributed by atoms with Gasteiger partial charge in [0, 0.05) is 19.6 Å². The van der Waals surface area contributed by atoms with Crippen molar-refractivity contribution in [1.29, 1.82) is 0 Å². The Bertz CT molecular complexity index is 367. The van der Waals surface area contributed by atoms with Gasteiger partial charge in [-0.15, -0.1) is 0 Å². The van der Waals surface area contributed by atoms with Gasteiger partial charge >= 0.3 is 0 Å². The molecule has 3 N–H and O–H groups in total. The number of aliphatic hydroxyl groups is 1. The summed E-state index contributed by atoms with van der Waals surface area (Å²) in [5.41, 5.74) is -0.806. The fraction of sp³-hybridized carbons (Fsp3) is 0.667. The van der Waals surface area contributed by atoms with Crippen molar-refractivity contribution in [2.24, 2.45) is 0 Å². The Morgan fingerprint density at radius 3 is 2.44 bits per heavy atom. The van der Waals surface area contributed by atoms with Crippen LogP contribution in [0.5, 0.6) is 0 Å². The topological polar surface area (TPSA) is 73.3 Å². The van der Waals surface area contributed by atoms with Crippen LogP contribution in [-0.4, -0.2) is 59.3 Å². The fourth-order valence-corrected chi connectivity index (χ4v) is 1.74. The first-order chi connectivity index (χ1) is 8.43. The molecule has 0 aliphatic carbocycles. The van der Waals surface area contributed by atoms with Crippen molar-refractivity contribution < 1.29 is 5.11 Å². The lowest BCUT2D eigenvalue weighted by Crippen LogP contribution is -2.43. The lowest BCUT2D eigenvalue weighted by atomic mass is 10.1. The molecular weight excluding hydrogens is 230 g/mol. The second-order valence-corrected chi connectivity index (χ2v) is 4.91. The minimum atomic E-state index is -0.806. The van der Waals surface area contributed by atoms with Crippen LogP contribution in [0, 0.1) is 0 Å². The SMILES string of the molecule is CCNc1cncc(NCC(C)(O)CN(C)C)n1. The molecular formula is C12H23N5O. The second-order valence-electron chi connectivity index (χ2n) is 4.91. The molecule has 1 aromatic rings. The molecule has 102 valence electrons. The van der Waals surface area contributed by atoms with Crippen LogP contribution in [-0.2, 0) is 0 Å². The van der Waals surface area contributed by atoms with Crippen LogP contribution in [0.2, 0.25) is 0 Å². The Morgan fingerprint density at radius 2 is 1.89 bits per heavy atom. The molecule has 1 atom stereocenters. The summed E-state index contributed by atoms with van der Waals surface area (Å²) in [5, 5.41) is 16.3. The predicted molar refractivity (Wildman–Crippen MR) is 73.9 cm³/mol. The van der Waals surface area contributed by atoms with Crippen molar-refractivity contribution in [2.45, 2.75) is 19.4 Å². The normalized spacial score (nSPS) is 14.3. The standard InChI is InChI=1S/C12H23N5O/c1-5-14-10-6-13-7-11(16-10)15-8-12(2,18)9-17(3)4/h6-7,18H,5,8-9H2,1-4H3,(H2,14,15,16). The van der Waals surface area contributed by atoms with Gasteiger partial charge in [-0.1, -0.05) is 0 Å². The summed E-state index contributed by atoms with van der Waals surface area (Å²) < 4.78 is 0. The van der Waals surface area contributed by atoms with Gasteiger partial charge in [0.25, 0.3) is 0 Å². The Balaban J connectivity index is 2.54. The average molecular weight is 253 g/mol. The maximum absolute atomic E-state index is 10.2. The third kappa shape index (κ3) is 5.29. The van der Waals surface area contributed by atoms with Crippen molar-refractivity contribution >= 4 is 11.6 Å². The fourth-order valence-electron chi connectivity index (χ4n) is 1.74. The Kier molecular flexibility index (Phi) is 5.30. The maximum atomic E-state index is 10.2. The lowest BCUT2D eigenvalue weighted by molar-refractivity contribution is 0.0459. The van der Waals surface area contributed by atoms with Crippen LogP contribution >= 0.6 is 0 Å². The molecule has 1 heterocycles. The predicted octanol–water partition coefficient (Wildman–Crippen LogP) is 0.633. The first-order valence-electron chi connectivity index (χ1n) is 6.10. The number of rotatable bonds is 7. The first kappa shape index (κ1) is 14.7. The summed E-state index contributed by atoms with van der Waals surface area (Å²) in [4.78, 5) is 10.4. The molecule has 0 fully saturated rings. The van der Waals surface area contributed by atoms with Gasteiger partial charge in [-0.05, 0) is 27.9 Å². The van der Waals surface area contributed by atoms with Gasteiger partial charge in [-0.2, -0.15) is 0 Å². The summed E-state index contributed by atoms with van der Waals surface area (Å²) >= 11 is 0. The molecule has 0 aliphatic heterocycles. The van der Waals surface area contributed by atoms with E-state index in [1.165, 1.54) is 0 Å². The number of nitrogens with one attached hydrogen (secondary N) is 2. The molecule has 1 rings (SSSR count). The monoisotopic (exact) mass is 253 g/mol. The van der Waals surface area contributed by atoms with E-state index in [0.717, 1.165) is 12.4 Å². The van der Waals surface area contributed by atoms with Crippen molar-refractivity contribution in [1.82, 2.24) is 14.9 Å². The van der Waals surface area contributed by atoms with Crippen molar-refractivity contribution in [3.63, 3.8) is 0 Å². The van der Waals surface area contributed by atoms with Crippen molar-refractivity contribution in [3.8, 4) is 0 Å². The minimum Gasteiger partial charge on any atom is -0.387 e. The van der Waals surface area contributed by atoms with E-state index in [-0.39, 0.29) is 0 Å². The number of likely N-dealkylation sites (N-methyl/N-ethyl adjacent to an activating group) is 1. The number of anilines is 2. The van der Waals surface area contributed by atoms with E-state index in [2.05, 4.69) is 20.6 Å². The van der Waals surface area contributed by atoms with Crippen LogP contribution in [0.4, 0.5) is 11.6 Å². The van der Waals surface area contributed by atoms with Crippen LogP contribution < -0.4 is 10.6 Å².